The Morgan fingerprint density at radius 2 is 1.70 bits per heavy atom. The molecule has 0 unspecified atom stereocenters. The van der Waals surface area contributed by atoms with Crippen LogP contribution in [-0.4, -0.2) is 46.9 Å². The maximum atomic E-state index is 13.7. The van der Waals surface area contributed by atoms with Crippen molar-refractivity contribution < 1.29 is 9.72 Å². The fraction of sp³-hybridized carbons (Fsp3) is 0.560. The van der Waals surface area contributed by atoms with Gasteiger partial charge in [-0.05, 0) is 68.4 Å². The first-order valence-electron chi connectivity index (χ1n) is 12.0. The molecule has 33 heavy (non-hydrogen) atoms. The van der Waals surface area contributed by atoms with Crippen LogP contribution in [0.1, 0.15) is 44.1 Å². The number of nitro groups is 1. The highest BCUT2D eigenvalue weighted by Crippen LogP contribution is 2.60. The molecule has 4 saturated carbocycles. The Bertz CT molecular complexity index is 1160. The lowest BCUT2D eigenvalue weighted by Crippen LogP contribution is -2.58. The van der Waals surface area contributed by atoms with E-state index < -0.39 is 4.92 Å². The smallest absolute Gasteiger partial charge is 0.270 e. The Kier molecular flexibility index (Phi) is 4.58. The molecule has 1 aromatic heterocycles. The molecule has 1 amide bonds. The zero-order valence-electron chi connectivity index (χ0n) is 18.6. The number of nitrogens with zero attached hydrogens (tertiary/aromatic N) is 5. The molecule has 0 spiro atoms. The molecule has 4 bridgehead atoms. The minimum Gasteiger partial charge on any atom is -0.353 e. The van der Waals surface area contributed by atoms with Crippen molar-refractivity contribution in [3.63, 3.8) is 0 Å². The molecule has 0 N–H and O–H groups in total. The van der Waals surface area contributed by atoms with Crippen molar-refractivity contribution in [3.05, 3.63) is 39.9 Å². The second-order valence-corrected chi connectivity index (χ2v) is 10.6. The molecule has 2 heterocycles. The number of benzene rings is 1. The molecule has 5 fully saturated rings. The highest BCUT2D eigenvalue weighted by molar-refractivity contribution is 5.88. The van der Waals surface area contributed by atoms with Crippen LogP contribution in [0.25, 0.3) is 10.9 Å². The largest absolute Gasteiger partial charge is 0.353 e. The molecule has 1 aliphatic heterocycles. The fourth-order valence-corrected chi connectivity index (χ4v) is 7.41. The molecule has 4 aliphatic carbocycles. The third kappa shape index (κ3) is 3.33. The van der Waals surface area contributed by atoms with Crippen LogP contribution >= 0.6 is 0 Å². The van der Waals surface area contributed by atoms with Crippen molar-refractivity contribution in [2.75, 3.05) is 31.1 Å². The zero-order valence-corrected chi connectivity index (χ0v) is 18.6. The van der Waals surface area contributed by atoms with Crippen molar-refractivity contribution in [1.29, 1.82) is 5.26 Å². The molecule has 5 aliphatic rings. The number of carbonyl (C=O) groups excluding carboxylic acids is 1. The van der Waals surface area contributed by atoms with E-state index in [4.69, 9.17) is 0 Å². The van der Waals surface area contributed by atoms with Gasteiger partial charge in [0.25, 0.3) is 5.69 Å². The Labute approximate surface area is 192 Å². The molecule has 8 nitrogen and oxygen atoms in total. The summed E-state index contributed by atoms with van der Waals surface area (Å²) in [5.41, 5.74) is 0.790. The average molecular weight is 446 g/mol. The number of rotatable bonds is 3. The number of piperazine rings is 1. The van der Waals surface area contributed by atoms with E-state index >= 15 is 0 Å². The summed E-state index contributed by atoms with van der Waals surface area (Å²) in [6.45, 7) is 2.69. The third-order valence-electron chi connectivity index (χ3n) is 8.49. The minimum absolute atomic E-state index is 0.0506. The quantitative estimate of drug-likeness (QED) is 0.525. The lowest BCUT2D eigenvalue weighted by Gasteiger charge is -2.57. The molecule has 1 aromatic carbocycles. The van der Waals surface area contributed by atoms with Gasteiger partial charge in [0.05, 0.1) is 27.5 Å². The maximum absolute atomic E-state index is 13.7. The van der Waals surface area contributed by atoms with Crippen LogP contribution in [0.3, 0.4) is 0 Å². The summed E-state index contributed by atoms with van der Waals surface area (Å²) < 4.78 is 0. The predicted molar refractivity (Wildman–Crippen MR) is 123 cm³/mol. The second-order valence-electron chi connectivity index (χ2n) is 10.6. The van der Waals surface area contributed by atoms with Gasteiger partial charge < -0.3 is 9.80 Å². The van der Waals surface area contributed by atoms with Gasteiger partial charge in [0.2, 0.25) is 5.91 Å². The summed E-state index contributed by atoms with van der Waals surface area (Å²) in [5.74, 6) is 3.32. The molecule has 8 heteroatoms. The summed E-state index contributed by atoms with van der Waals surface area (Å²) in [7, 11) is 0. The predicted octanol–water partition coefficient (Wildman–Crippen LogP) is 3.88. The SMILES string of the molecule is N#Cc1cc(N2CCN(C(=O)C34CC5CC(CC(C5)C3)C4)CC2)nc2ccc([N+](=O)[O-])cc12. The van der Waals surface area contributed by atoms with Crippen LogP contribution in [0.15, 0.2) is 24.3 Å². The van der Waals surface area contributed by atoms with Gasteiger partial charge in [0.1, 0.15) is 5.82 Å². The average Bonchev–Trinajstić information content (AvgIpc) is 2.81. The highest BCUT2D eigenvalue weighted by Gasteiger charge is 2.55. The number of fused-ring (bicyclic) bond motifs is 1. The van der Waals surface area contributed by atoms with E-state index in [-0.39, 0.29) is 11.1 Å². The van der Waals surface area contributed by atoms with Gasteiger partial charge in [-0.3, -0.25) is 14.9 Å². The van der Waals surface area contributed by atoms with Gasteiger partial charge in [-0.2, -0.15) is 5.26 Å². The van der Waals surface area contributed by atoms with Gasteiger partial charge in [-0.25, -0.2) is 4.98 Å². The van der Waals surface area contributed by atoms with Crippen LogP contribution in [0.5, 0.6) is 0 Å². The number of amides is 1. The Morgan fingerprint density at radius 1 is 1.06 bits per heavy atom. The number of non-ortho nitro benzene ring substituents is 1. The number of nitro benzene ring substituents is 1. The molecule has 1 saturated heterocycles. The third-order valence-corrected chi connectivity index (χ3v) is 8.49. The first-order valence-corrected chi connectivity index (χ1v) is 12.0. The van der Waals surface area contributed by atoms with Crippen LogP contribution < -0.4 is 4.90 Å². The number of pyridine rings is 1. The van der Waals surface area contributed by atoms with Crippen LogP contribution in [0.4, 0.5) is 11.5 Å². The van der Waals surface area contributed by atoms with Crippen molar-refractivity contribution >= 4 is 28.3 Å². The number of nitriles is 1. The second kappa shape index (κ2) is 7.41. The fourth-order valence-electron chi connectivity index (χ4n) is 7.41. The molecule has 7 rings (SSSR count). The van der Waals surface area contributed by atoms with E-state index in [1.54, 1.807) is 12.1 Å². The van der Waals surface area contributed by atoms with E-state index in [1.165, 1.54) is 31.4 Å². The van der Waals surface area contributed by atoms with Gasteiger partial charge in [0, 0.05) is 43.7 Å². The standard InChI is InChI=1S/C25H27N5O3/c26-15-19-10-23(27-22-2-1-20(30(32)33)11-21(19)22)28-3-5-29(6-4-28)24(31)25-12-16-7-17(13-25)9-18(8-16)14-25/h1-2,10-11,16-18H,3-9,12-14H2. The first-order chi connectivity index (χ1) is 15.9. The van der Waals surface area contributed by atoms with E-state index in [9.17, 15) is 20.2 Å². The number of aromatic nitrogens is 1. The number of hydrogen-bond donors (Lipinski definition) is 0. The van der Waals surface area contributed by atoms with E-state index in [1.807, 2.05) is 0 Å². The number of anilines is 1. The molecular weight excluding hydrogens is 418 g/mol. The molecule has 2 aromatic rings. The molecule has 0 atom stereocenters. The maximum Gasteiger partial charge on any atom is 0.270 e. The summed E-state index contributed by atoms with van der Waals surface area (Å²) in [6.07, 6.45) is 7.25. The van der Waals surface area contributed by atoms with Crippen molar-refractivity contribution in [3.8, 4) is 6.07 Å². The normalized spacial score (nSPS) is 30.5. The summed E-state index contributed by atoms with van der Waals surface area (Å²) in [4.78, 5) is 33.2. The first kappa shape index (κ1) is 20.4. The molecule has 170 valence electrons. The number of hydrogen-bond acceptors (Lipinski definition) is 6. The number of carbonyl (C=O) groups is 1. The Balaban J connectivity index is 1.19. The van der Waals surface area contributed by atoms with Crippen LogP contribution in [0, 0.1) is 44.6 Å². The van der Waals surface area contributed by atoms with E-state index in [0.29, 0.717) is 54.4 Å². The van der Waals surface area contributed by atoms with Crippen molar-refractivity contribution in [2.24, 2.45) is 23.2 Å². The summed E-state index contributed by atoms with van der Waals surface area (Å²) in [5, 5.41) is 21.2. The van der Waals surface area contributed by atoms with E-state index in [2.05, 4.69) is 20.9 Å². The lowest BCUT2D eigenvalue weighted by molar-refractivity contribution is -0.384. The van der Waals surface area contributed by atoms with Gasteiger partial charge in [-0.15, -0.1) is 0 Å². The monoisotopic (exact) mass is 445 g/mol. The molecular formula is C25H27N5O3. The lowest BCUT2D eigenvalue weighted by atomic mass is 9.49. The van der Waals surface area contributed by atoms with E-state index in [0.717, 1.165) is 37.0 Å². The van der Waals surface area contributed by atoms with Gasteiger partial charge >= 0.3 is 0 Å². The summed E-state index contributed by atoms with van der Waals surface area (Å²) >= 11 is 0. The van der Waals surface area contributed by atoms with Crippen LogP contribution in [0.2, 0.25) is 0 Å². The Morgan fingerprint density at radius 3 is 2.27 bits per heavy atom. The Hall–Kier alpha value is -3.21. The van der Waals surface area contributed by atoms with Gasteiger partial charge in [-0.1, -0.05) is 0 Å². The topological polar surface area (TPSA) is 103 Å². The minimum atomic E-state index is -0.464. The van der Waals surface area contributed by atoms with Crippen molar-refractivity contribution in [1.82, 2.24) is 9.88 Å². The van der Waals surface area contributed by atoms with Crippen LogP contribution in [-0.2, 0) is 4.79 Å². The highest BCUT2D eigenvalue weighted by atomic mass is 16.6. The van der Waals surface area contributed by atoms with Gasteiger partial charge in [0.15, 0.2) is 0 Å². The molecule has 0 radical (unpaired) electrons. The summed E-state index contributed by atoms with van der Waals surface area (Å²) in [6, 6.07) is 8.30. The zero-order chi connectivity index (χ0) is 22.7. The van der Waals surface area contributed by atoms with Crippen molar-refractivity contribution in [2.45, 2.75) is 38.5 Å².